The number of imide groups is 1. The summed E-state index contributed by atoms with van der Waals surface area (Å²) < 4.78 is 0.917. The third-order valence-electron chi connectivity index (χ3n) is 4.39. The molecular formula is C16H16BrNO3. The molecule has 1 aliphatic heterocycles. The molecule has 0 saturated carbocycles. The number of Topliss-reactive ketones (excluding diaryl/α,β-unsaturated/α-hetero) is 1. The summed E-state index contributed by atoms with van der Waals surface area (Å²) in [5, 5.41) is 2.37. The van der Waals surface area contributed by atoms with Crippen molar-refractivity contribution in [2.24, 2.45) is 11.8 Å². The van der Waals surface area contributed by atoms with Crippen molar-refractivity contribution in [3.63, 3.8) is 0 Å². The Kier molecular flexibility index (Phi) is 3.93. The second-order valence-electron chi connectivity index (χ2n) is 5.79. The van der Waals surface area contributed by atoms with Crippen LogP contribution in [0.3, 0.4) is 0 Å². The first kappa shape index (κ1) is 14.4. The van der Waals surface area contributed by atoms with Crippen molar-refractivity contribution < 1.29 is 14.4 Å². The number of hydrogen-bond acceptors (Lipinski definition) is 3. The first-order chi connectivity index (χ1) is 10.0. The second kappa shape index (κ2) is 5.72. The molecule has 2 unspecified atom stereocenters. The molecule has 0 aromatic heterocycles. The standard InChI is InChI=1S/C16H16BrNO3/c17-12-5-3-10-7-11(15(20)13(10)8-12)2-1-9-4-6-14(19)18-16(9)21/h3,5,8-9,11H,1-2,4,6-7H2,(H,18,19,21). The highest BCUT2D eigenvalue weighted by Gasteiger charge is 2.33. The Hall–Kier alpha value is -1.49. The summed E-state index contributed by atoms with van der Waals surface area (Å²) in [6.07, 6.45) is 3.14. The van der Waals surface area contributed by atoms with Crippen LogP contribution in [-0.4, -0.2) is 17.6 Å². The molecule has 0 radical (unpaired) electrons. The molecule has 0 bridgehead atoms. The maximum atomic E-state index is 12.4. The molecule has 2 atom stereocenters. The highest BCUT2D eigenvalue weighted by molar-refractivity contribution is 9.10. The van der Waals surface area contributed by atoms with E-state index in [2.05, 4.69) is 21.2 Å². The van der Waals surface area contributed by atoms with Crippen LogP contribution in [0.5, 0.6) is 0 Å². The SMILES string of the molecule is O=C1CCC(CCC2Cc3ccc(Br)cc3C2=O)C(=O)N1. The molecule has 1 aliphatic carbocycles. The van der Waals surface area contributed by atoms with Gasteiger partial charge in [0.05, 0.1) is 0 Å². The van der Waals surface area contributed by atoms with E-state index in [1.165, 1.54) is 0 Å². The number of piperidine rings is 1. The van der Waals surface area contributed by atoms with Crippen LogP contribution < -0.4 is 5.32 Å². The van der Waals surface area contributed by atoms with Crippen LogP contribution in [0.25, 0.3) is 0 Å². The van der Waals surface area contributed by atoms with Gasteiger partial charge in [-0.05, 0) is 43.4 Å². The lowest BCUT2D eigenvalue weighted by molar-refractivity contribution is -0.136. The Labute approximate surface area is 131 Å². The predicted octanol–water partition coefficient (Wildman–Crippen LogP) is 2.64. The normalized spacial score (nSPS) is 24.9. The van der Waals surface area contributed by atoms with Crippen LogP contribution >= 0.6 is 15.9 Å². The number of hydrogen-bond donors (Lipinski definition) is 1. The van der Waals surface area contributed by atoms with E-state index in [0.29, 0.717) is 25.7 Å². The first-order valence-corrected chi connectivity index (χ1v) is 8.00. The summed E-state index contributed by atoms with van der Waals surface area (Å²) in [5.74, 6) is -0.355. The fourth-order valence-electron chi connectivity index (χ4n) is 3.18. The number of carbonyl (C=O) groups is 3. The number of nitrogens with one attached hydrogen (secondary N) is 1. The van der Waals surface area contributed by atoms with Gasteiger partial charge in [0.1, 0.15) is 0 Å². The molecule has 1 aromatic rings. The second-order valence-corrected chi connectivity index (χ2v) is 6.71. The van der Waals surface area contributed by atoms with E-state index in [0.717, 1.165) is 22.0 Å². The third-order valence-corrected chi connectivity index (χ3v) is 4.88. The van der Waals surface area contributed by atoms with Gasteiger partial charge in [-0.3, -0.25) is 19.7 Å². The highest BCUT2D eigenvalue weighted by Crippen LogP contribution is 2.33. The van der Waals surface area contributed by atoms with E-state index in [1.807, 2.05) is 18.2 Å². The molecule has 3 rings (SSSR count). The van der Waals surface area contributed by atoms with Gasteiger partial charge in [0.25, 0.3) is 0 Å². The number of ketones is 1. The number of benzene rings is 1. The number of amides is 2. The number of rotatable bonds is 3. The number of fused-ring (bicyclic) bond motifs is 1. The number of carbonyl (C=O) groups excluding carboxylic acids is 3. The molecule has 1 heterocycles. The van der Waals surface area contributed by atoms with Crippen LogP contribution in [-0.2, 0) is 16.0 Å². The Bertz CT molecular complexity index is 626. The van der Waals surface area contributed by atoms with Crippen LogP contribution in [0, 0.1) is 11.8 Å². The summed E-state index contributed by atoms with van der Waals surface area (Å²) in [4.78, 5) is 35.2. The van der Waals surface area contributed by atoms with Crippen LogP contribution in [0.2, 0.25) is 0 Å². The molecule has 1 fully saturated rings. The summed E-state index contributed by atoms with van der Waals surface area (Å²) in [6.45, 7) is 0. The van der Waals surface area contributed by atoms with Gasteiger partial charge in [0, 0.05) is 28.3 Å². The van der Waals surface area contributed by atoms with Gasteiger partial charge in [-0.25, -0.2) is 0 Å². The minimum atomic E-state index is -0.189. The molecule has 0 spiro atoms. The molecule has 110 valence electrons. The van der Waals surface area contributed by atoms with Crippen molar-refractivity contribution in [1.82, 2.24) is 5.32 Å². The molecule has 21 heavy (non-hydrogen) atoms. The quantitative estimate of drug-likeness (QED) is 0.853. The summed E-state index contributed by atoms with van der Waals surface area (Å²) in [5.41, 5.74) is 1.90. The maximum Gasteiger partial charge on any atom is 0.229 e. The average Bonchev–Trinajstić information content (AvgIpc) is 2.75. The Morgan fingerprint density at radius 2 is 1.90 bits per heavy atom. The fraction of sp³-hybridized carbons (Fsp3) is 0.438. The lowest BCUT2D eigenvalue weighted by Gasteiger charge is -2.21. The van der Waals surface area contributed by atoms with Gasteiger partial charge >= 0.3 is 0 Å². The Morgan fingerprint density at radius 3 is 2.67 bits per heavy atom. The zero-order valence-electron chi connectivity index (χ0n) is 11.5. The van der Waals surface area contributed by atoms with Gasteiger partial charge in [0.15, 0.2) is 5.78 Å². The van der Waals surface area contributed by atoms with Crippen LogP contribution in [0.4, 0.5) is 0 Å². The molecule has 5 heteroatoms. The Balaban J connectivity index is 1.62. The van der Waals surface area contributed by atoms with Gasteiger partial charge < -0.3 is 0 Å². The molecule has 2 aliphatic rings. The largest absolute Gasteiger partial charge is 0.296 e. The van der Waals surface area contributed by atoms with E-state index >= 15 is 0 Å². The van der Waals surface area contributed by atoms with E-state index in [4.69, 9.17) is 0 Å². The summed E-state index contributed by atoms with van der Waals surface area (Å²) in [6, 6.07) is 5.82. The van der Waals surface area contributed by atoms with E-state index < -0.39 is 0 Å². The molecule has 1 saturated heterocycles. The minimum Gasteiger partial charge on any atom is -0.296 e. The van der Waals surface area contributed by atoms with Crippen LogP contribution in [0.1, 0.15) is 41.6 Å². The summed E-state index contributed by atoms with van der Waals surface area (Å²) in [7, 11) is 0. The minimum absolute atomic E-state index is 0.0280. The van der Waals surface area contributed by atoms with E-state index in [-0.39, 0.29) is 29.4 Å². The Morgan fingerprint density at radius 1 is 1.14 bits per heavy atom. The average molecular weight is 350 g/mol. The van der Waals surface area contributed by atoms with Crippen molar-refractivity contribution >= 4 is 33.5 Å². The van der Waals surface area contributed by atoms with Crippen molar-refractivity contribution in [3.05, 3.63) is 33.8 Å². The smallest absolute Gasteiger partial charge is 0.229 e. The van der Waals surface area contributed by atoms with Crippen molar-refractivity contribution in [2.45, 2.75) is 32.1 Å². The van der Waals surface area contributed by atoms with E-state index in [9.17, 15) is 14.4 Å². The van der Waals surface area contributed by atoms with E-state index in [1.54, 1.807) is 0 Å². The topological polar surface area (TPSA) is 63.2 Å². The highest BCUT2D eigenvalue weighted by atomic mass is 79.9. The van der Waals surface area contributed by atoms with Gasteiger partial charge in [-0.2, -0.15) is 0 Å². The summed E-state index contributed by atoms with van der Waals surface area (Å²) >= 11 is 3.39. The monoisotopic (exact) mass is 349 g/mol. The number of halogens is 1. The molecule has 1 aromatic carbocycles. The van der Waals surface area contributed by atoms with Crippen molar-refractivity contribution in [3.8, 4) is 0 Å². The third kappa shape index (κ3) is 2.93. The lowest BCUT2D eigenvalue weighted by Crippen LogP contribution is -2.40. The fourth-order valence-corrected chi connectivity index (χ4v) is 3.54. The van der Waals surface area contributed by atoms with Crippen LogP contribution in [0.15, 0.2) is 22.7 Å². The zero-order valence-corrected chi connectivity index (χ0v) is 13.1. The molecule has 2 amide bonds. The van der Waals surface area contributed by atoms with Crippen molar-refractivity contribution in [2.75, 3.05) is 0 Å². The first-order valence-electron chi connectivity index (χ1n) is 7.21. The molecular weight excluding hydrogens is 334 g/mol. The predicted molar refractivity (Wildman–Crippen MR) is 80.8 cm³/mol. The zero-order chi connectivity index (χ0) is 15.0. The van der Waals surface area contributed by atoms with Gasteiger partial charge in [0.2, 0.25) is 11.8 Å². The molecule has 4 nitrogen and oxygen atoms in total. The van der Waals surface area contributed by atoms with Gasteiger partial charge in [-0.1, -0.05) is 22.0 Å². The van der Waals surface area contributed by atoms with Gasteiger partial charge in [-0.15, -0.1) is 0 Å². The lowest BCUT2D eigenvalue weighted by atomic mass is 9.88. The maximum absolute atomic E-state index is 12.4. The van der Waals surface area contributed by atoms with Crippen molar-refractivity contribution in [1.29, 1.82) is 0 Å². The molecule has 1 N–H and O–H groups in total.